The summed E-state index contributed by atoms with van der Waals surface area (Å²) in [6, 6.07) is 14.4. The zero-order chi connectivity index (χ0) is 17.4. The Morgan fingerprint density at radius 2 is 1.71 bits per heavy atom. The van der Waals surface area contributed by atoms with E-state index in [9.17, 15) is 9.59 Å². The summed E-state index contributed by atoms with van der Waals surface area (Å²) >= 11 is 0. The van der Waals surface area contributed by atoms with Gasteiger partial charge in [0.1, 0.15) is 0 Å². The molecule has 0 atom stereocenters. The maximum absolute atomic E-state index is 12.2. The smallest absolute Gasteiger partial charge is 0.255 e. The number of benzene rings is 2. The van der Waals surface area contributed by atoms with Gasteiger partial charge in [-0.2, -0.15) is 0 Å². The molecule has 2 aromatic carbocycles. The Labute approximate surface area is 141 Å². The van der Waals surface area contributed by atoms with E-state index in [0.717, 1.165) is 5.56 Å². The molecule has 0 radical (unpaired) electrons. The molecule has 5 nitrogen and oxygen atoms in total. The Bertz CT molecular complexity index is 724. The molecule has 124 valence electrons. The Morgan fingerprint density at radius 1 is 1.04 bits per heavy atom. The summed E-state index contributed by atoms with van der Waals surface area (Å²) in [6.45, 7) is 6.32. The second kappa shape index (κ2) is 8.64. The third kappa shape index (κ3) is 5.37. The highest BCUT2D eigenvalue weighted by Gasteiger charge is 2.06. The van der Waals surface area contributed by atoms with Gasteiger partial charge in [-0.1, -0.05) is 23.8 Å². The Hall–Kier alpha value is -2.92. The van der Waals surface area contributed by atoms with Gasteiger partial charge in [-0.25, -0.2) is 0 Å². The normalized spacial score (nSPS) is 10.0. The molecule has 0 saturated heterocycles. The number of hydrogen-bond acceptors (Lipinski definition) is 3. The Balaban J connectivity index is 1.91. The molecule has 0 aliphatic carbocycles. The average Bonchev–Trinajstić information content (AvgIpc) is 2.57. The molecule has 2 rings (SSSR count). The van der Waals surface area contributed by atoms with Crippen molar-refractivity contribution in [1.29, 1.82) is 0 Å². The number of carbonyl (C=O) groups excluding carboxylic acids is 2. The van der Waals surface area contributed by atoms with Crippen molar-refractivity contribution in [2.24, 2.45) is 0 Å². The SMILES string of the molecule is C=CCNCC(=O)Nc1ccc(NC(=O)c2cccc(C)c2)cc1. The lowest BCUT2D eigenvalue weighted by Gasteiger charge is -2.08. The number of nitrogens with one attached hydrogen (secondary N) is 3. The molecule has 0 unspecified atom stereocenters. The van der Waals surface area contributed by atoms with Crippen molar-refractivity contribution >= 4 is 23.2 Å². The van der Waals surface area contributed by atoms with Crippen LogP contribution in [0.4, 0.5) is 11.4 Å². The van der Waals surface area contributed by atoms with Gasteiger partial charge in [-0.15, -0.1) is 6.58 Å². The van der Waals surface area contributed by atoms with Crippen LogP contribution in [0.1, 0.15) is 15.9 Å². The van der Waals surface area contributed by atoms with Crippen LogP contribution in [0.25, 0.3) is 0 Å². The van der Waals surface area contributed by atoms with Gasteiger partial charge < -0.3 is 16.0 Å². The molecular weight excluding hydrogens is 302 g/mol. The van der Waals surface area contributed by atoms with Crippen molar-refractivity contribution in [3.8, 4) is 0 Å². The maximum atomic E-state index is 12.2. The van der Waals surface area contributed by atoms with Crippen LogP contribution in [0.15, 0.2) is 61.2 Å². The number of rotatable bonds is 7. The van der Waals surface area contributed by atoms with Crippen molar-refractivity contribution in [1.82, 2.24) is 5.32 Å². The summed E-state index contributed by atoms with van der Waals surface area (Å²) in [6.07, 6.45) is 1.69. The fourth-order valence-electron chi connectivity index (χ4n) is 2.12. The van der Waals surface area contributed by atoms with Crippen LogP contribution in [-0.4, -0.2) is 24.9 Å². The van der Waals surface area contributed by atoms with Gasteiger partial charge in [0, 0.05) is 23.5 Å². The molecule has 2 amide bonds. The largest absolute Gasteiger partial charge is 0.325 e. The Morgan fingerprint density at radius 3 is 2.33 bits per heavy atom. The second-order valence-corrected chi connectivity index (χ2v) is 5.37. The fraction of sp³-hybridized carbons (Fsp3) is 0.158. The molecule has 0 heterocycles. The van der Waals surface area contributed by atoms with Gasteiger partial charge >= 0.3 is 0 Å². The summed E-state index contributed by atoms with van der Waals surface area (Å²) < 4.78 is 0. The quantitative estimate of drug-likeness (QED) is 0.542. The number of anilines is 2. The fourth-order valence-corrected chi connectivity index (χ4v) is 2.12. The topological polar surface area (TPSA) is 70.2 Å². The molecule has 24 heavy (non-hydrogen) atoms. The predicted molar refractivity (Wildman–Crippen MR) is 97.3 cm³/mol. The summed E-state index contributed by atoms with van der Waals surface area (Å²) in [5.41, 5.74) is 2.99. The van der Waals surface area contributed by atoms with E-state index in [1.54, 1.807) is 36.4 Å². The first-order chi connectivity index (χ1) is 11.6. The van der Waals surface area contributed by atoms with E-state index in [-0.39, 0.29) is 18.4 Å². The van der Waals surface area contributed by atoms with Crippen LogP contribution in [0.3, 0.4) is 0 Å². The third-order valence-corrected chi connectivity index (χ3v) is 3.28. The first kappa shape index (κ1) is 17.4. The van der Waals surface area contributed by atoms with Gasteiger partial charge in [-0.05, 0) is 43.3 Å². The molecule has 0 bridgehead atoms. The van der Waals surface area contributed by atoms with E-state index >= 15 is 0 Å². The molecular formula is C19H21N3O2. The molecule has 5 heteroatoms. The molecule has 2 aromatic rings. The van der Waals surface area contributed by atoms with Crippen LogP contribution in [0, 0.1) is 6.92 Å². The minimum atomic E-state index is -0.163. The lowest BCUT2D eigenvalue weighted by molar-refractivity contribution is -0.115. The van der Waals surface area contributed by atoms with Crippen LogP contribution >= 0.6 is 0 Å². The molecule has 0 aliphatic heterocycles. The molecule has 0 saturated carbocycles. The van der Waals surface area contributed by atoms with E-state index in [2.05, 4.69) is 22.5 Å². The number of aryl methyl sites for hydroxylation is 1. The van der Waals surface area contributed by atoms with E-state index in [4.69, 9.17) is 0 Å². The van der Waals surface area contributed by atoms with E-state index < -0.39 is 0 Å². The van der Waals surface area contributed by atoms with Crippen LogP contribution in [0.2, 0.25) is 0 Å². The monoisotopic (exact) mass is 323 g/mol. The highest BCUT2D eigenvalue weighted by atomic mass is 16.2. The van der Waals surface area contributed by atoms with Gasteiger partial charge in [0.25, 0.3) is 5.91 Å². The van der Waals surface area contributed by atoms with Crippen LogP contribution < -0.4 is 16.0 Å². The predicted octanol–water partition coefficient (Wildman–Crippen LogP) is 2.96. The molecule has 0 spiro atoms. The zero-order valence-electron chi connectivity index (χ0n) is 13.6. The highest BCUT2D eigenvalue weighted by molar-refractivity contribution is 6.04. The maximum Gasteiger partial charge on any atom is 0.255 e. The first-order valence-corrected chi connectivity index (χ1v) is 7.68. The minimum Gasteiger partial charge on any atom is -0.325 e. The number of hydrogen-bond donors (Lipinski definition) is 3. The lowest BCUT2D eigenvalue weighted by Crippen LogP contribution is -2.28. The Kier molecular flexibility index (Phi) is 6.28. The lowest BCUT2D eigenvalue weighted by atomic mass is 10.1. The second-order valence-electron chi connectivity index (χ2n) is 5.37. The van der Waals surface area contributed by atoms with Crippen LogP contribution in [0.5, 0.6) is 0 Å². The first-order valence-electron chi connectivity index (χ1n) is 7.68. The van der Waals surface area contributed by atoms with E-state index in [1.165, 1.54) is 0 Å². The summed E-state index contributed by atoms with van der Waals surface area (Å²) in [5, 5.41) is 8.53. The molecule has 3 N–H and O–H groups in total. The molecule has 0 aromatic heterocycles. The van der Waals surface area contributed by atoms with Gasteiger partial charge in [0.15, 0.2) is 0 Å². The van der Waals surface area contributed by atoms with Crippen molar-refractivity contribution in [3.05, 3.63) is 72.3 Å². The van der Waals surface area contributed by atoms with Crippen molar-refractivity contribution in [2.75, 3.05) is 23.7 Å². The van der Waals surface area contributed by atoms with Crippen molar-refractivity contribution < 1.29 is 9.59 Å². The van der Waals surface area contributed by atoms with Gasteiger partial charge in [0.2, 0.25) is 5.91 Å². The van der Waals surface area contributed by atoms with Gasteiger partial charge in [0.05, 0.1) is 6.54 Å². The summed E-state index contributed by atoms with van der Waals surface area (Å²) in [5.74, 6) is -0.294. The van der Waals surface area contributed by atoms with Crippen LogP contribution in [-0.2, 0) is 4.79 Å². The molecule has 0 fully saturated rings. The van der Waals surface area contributed by atoms with Crippen molar-refractivity contribution in [2.45, 2.75) is 6.92 Å². The van der Waals surface area contributed by atoms with Crippen molar-refractivity contribution in [3.63, 3.8) is 0 Å². The zero-order valence-corrected chi connectivity index (χ0v) is 13.6. The number of amides is 2. The number of carbonyl (C=O) groups is 2. The highest BCUT2D eigenvalue weighted by Crippen LogP contribution is 2.15. The van der Waals surface area contributed by atoms with Gasteiger partial charge in [-0.3, -0.25) is 9.59 Å². The molecule has 0 aliphatic rings. The minimum absolute atomic E-state index is 0.131. The summed E-state index contributed by atoms with van der Waals surface area (Å²) in [7, 11) is 0. The third-order valence-electron chi connectivity index (χ3n) is 3.28. The van der Waals surface area contributed by atoms with E-state index in [1.807, 2.05) is 25.1 Å². The standard InChI is InChI=1S/C19H21N3O2/c1-3-11-20-13-18(23)21-16-7-9-17(10-8-16)22-19(24)15-6-4-5-14(2)12-15/h3-10,12,20H,1,11,13H2,2H3,(H,21,23)(H,22,24). The average molecular weight is 323 g/mol. The summed E-state index contributed by atoms with van der Waals surface area (Å²) in [4.78, 5) is 23.9. The van der Waals surface area contributed by atoms with E-state index in [0.29, 0.717) is 23.5 Å².